The van der Waals surface area contributed by atoms with Crippen molar-refractivity contribution in [3.63, 3.8) is 0 Å². The van der Waals surface area contributed by atoms with E-state index in [4.69, 9.17) is 5.73 Å². The SMILES string of the molecule is CC1(C)[C@@H](C(N)=O)C[C@H]1Nc1nc(NCCC2C(=O)Nc3ccccc32)ncc1C#N. The first kappa shape index (κ1) is 20.6. The molecule has 9 nitrogen and oxygen atoms in total. The molecule has 2 heterocycles. The molecular formula is C22H25N7O2. The highest BCUT2D eigenvalue weighted by atomic mass is 16.2. The Labute approximate surface area is 180 Å². The van der Waals surface area contributed by atoms with Gasteiger partial charge >= 0.3 is 0 Å². The molecule has 1 fully saturated rings. The van der Waals surface area contributed by atoms with E-state index in [0.29, 0.717) is 36.7 Å². The fraction of sp³-hybridized carbons (Fsp3) is 0.409. The van der Waals surface area contributed by atoms with Gasteiger partial charge in [0.1, 0.15) is 17.5 Å². The standard InChI is InChI=1S/C22H25N7O2/c1-22(2)15(18(24)30)9-17(22)28-19-12(10-23)11-26-21(29-19)25-8-7-14-13-5-3-4-6-16(13)27-20(14)31/h3-6,11,14-15,17H,7-9H2,1-2H3,(H2,24,30)(H,27,31)(H2,25,26,28,29)/t14?,15-,17-/m1/s1. The van der Waals surface area contributed by atoms with Crippen LogP contribution in [-0.2, 0) is 9.59 Å². The van der Waals surface area contributed by atoms with Gasteiger partial charge in [-0.15, -0.1) is 0 Å². The molecule has 2 aromatic rings. The Morgan fingerprint density at radius 1 is 1.39 bits per heavy atom. The summed E-state index contributed by atoms with van der Waals surface area (Å²) in [6, 6.07) is 9.74. The number of fused-ring (bicyclic) bond motifs is 1. The minimum Gasteiger partial charge on any atom is -0.369 e. The van der Waals surface area contributed by atoms with Crippen LogP contribution < -0.4 is 21.7 Å². The van der Waals surface area contributed by atoms with Crippen LogP contribution in [0.1, 0.15) is 43.7 Å². The van der Waals surface area contributed by atoms with Gasteiger partial charge in [-0.1, -0.05) is 32.0 Å². The van der Waals surface area contributed by atoms with Crippen molar-refractivity contribution in [2.45, 2.75) is 38.6 Å². The molecule has 31 heavy (non-hydrogen) atoms. The van der Waals surface area contributed by atoms with E-state index >= 15 is 0 Å². The quantitative estimate of drug-likeness (QED) is 0.538. The van der Waals surface area contributed by atoms with Crippen molar-refractivity contribution < 1.29 is 9.59 Å². The van der Waals surface area contributed by atoms with Crippen molar-refractivity contribution >= 4 is 29.3 Å². The molecule has 2 amide bonds. The van der Waals surface area contributed by atoms with E-state index in [1.165, 1.54) is 6.20 Å². The number of anilines is 3. The van der Waals surface area contributed by atoms with Gasteiger partial charge in [0, 0.05) is 24.2 Å². The number of benzene rings is 1. The maximum atomic E-state index is 12.3. The number of hydrogen-bond acceptors (Lipinski definition) is 7. The van der Waals surface area contributed by atoms with E-state index < -0.39 is 0 Å². The number of nitriles is 1. The number of nitrogens with zero attached hydrogens (tertiary/aromatic N) is 3. The average Bonchev–Trinajstić information content (AvgIpc) is 3.06. The Morgan fingerprint density at radius 3 is 2.87 bits per heavy atom. The average molecular weight is 419 g/mol. The van der Waals surface area contributed by atoms with Gasteiger partial charge in [-0.3, -0.25) is 9.59 Å². The second kappa shape index (κ2) is 7.87. The maximum Gasteiger partial charge on any atom is 0.232 e. The number of hydrogen-bond donors (Lipinski definition) is 4. The van der Waals surface area contributed by atoms with E-state index in [2.05, 4.69) is 32.0 Å². The fourth-order valence-electron chi connectivity index (χ4n) is 4.37. The van der Waals surface area contributed by atoms with Crippen LogP contribution in [0.25, 0.3) is 0 Å². The summed E-state index contributed by atoms with van der Waals surface area (Å²) in [4.78, 5) is 32.5. The van der Waals surface area contributed by atoms with E-state index in [1.54, 1.807) is 0 Å². The van der Waals surface area contributed by atoms with Gasteiger partial charge in [0.05, 0.1) is 12.1 Å². The second-order valence-corrected chi connectivity index (χ2v) is 8.62. The molecule has 4 rings (SSSR count). The van der Waals surface area contributed by atoms with Crippen LogP contribution in [-0.4, -0.2) is 34.4 Å². The first-order chi connectivity index (χ1) is 14.8. The van der Waals surface area contributed by atoms with Crippen molar-refractivity contribution in [2.24, 2.45) is 17.1 Å². The van der Waals surface area contributed by atoms with Crippen LogP contribution in [0.4, 0.5) is 17.5 Å². The third-order valence-electron chi connectivity index (χ3n) is 6.46. The smallest absolute Gasteiger partial charge is 0.232 e. The second-order valence-electron chi connectivity index (χ2n) is 8.62. The molecule has 3 atom stereocenters. The maximum absolute atomic E-state index is 12.3. The lowest BCUT2D eigenvalue weighted by Crippen LogP contribution is -2.58. The minimum absolute atomic E-state index is 0.0117. The van der Waals surface area contributed by atoms with Crippen LogP contribution in [0.5, 0.6) is 0 Å². The molecule has 0 spiro atoms. The summed E-state index contributed by atoms with van der Waals surface area (Å²) in [6.07, 6.45) is 2.65. The lowest BCUT2D eigenvalue weighted by molar-refractivity contribution is -0.131. The molecule has 1 saturated carbocycles. The van der Waals surface area contributed by atoms with Gasteiger partial charge < -0.3 is 21.7 Å². The zero-order chi connectivity index (χ0) is 22.2. The lowest BCUT2D eigenvalue weighted by Gasteiger charge is -2.50. The van der Waals surface area contributed by atoms with Gasteiger partial charge in [-0.2, -0.15) is 10.2 Å². The number of amides is 2. The number of nitrogens with two attached hydrogens (primary N) is 1. The monoisotopic (exact) mass is 419 g/mol. The highest BCUT2D eigenvalue weighted by Crippen LogP contribution is 2.47. The highest BCUT2D eigenvalue weighted by molar-refractivity contribution is 6.02. The van der Waals surface area contributed by atoms with Gasteiger partial charge in [0.2, 0.25) is 17.8 Å². The molecule has 160 valence electrons. The van der Waals surface area contributed by atoms with E-state index in [1.807, 2.05) is 38.1 Å². The predicted molar refractivity (Wildman–Crippen MR) is 116 cm³/mol. The summed E-state index contributed by atoms with van der Waals surface area (Å²) in [5.74, 6) is 0.0340. The van der Waals surface area contributed by atoms with Crippen LogP contribution >= 0.6 is 0 Å². The molecule has 1 aromatic heterocycles. The Bertz CT molecular complexity index is 1080. The summed E-state index contributed by atoms with van der Waals surface area (Å²) in [5.41, 5.74) is 7.32. The molecule has 1 aromatic carbocycles. The van der Waals surface area contributed by atoms with Crippen LogP contribution in [0.3, 0.4) is 0 Å². The molecule has 0 radical (unpaired) electrons. The minimum atomic E-state index is -0.333. The Morgan fingerprint density at radius 2 is 2.16 bits per heavy atom. The van der Waals surface area contributed by atoms with E-state index in [0.717, 1.165) is 11.3 Å². The van der Waals surface area contributed by atoms with Gasteiger partial charge in [-0.25, -0.2) is 4.98 Å². The fourth-order valence-corrected chi connectivity index (χ4v) is 4.37. The third kappa shape index (κ3) is 3.77. The number of carbonyl (C=O) groups excluding carboxylic acids is 2. The van der Waals surface area contributed by atoms with Gasteiger partial charge in [0.25, 0.3) is 0 Å². The zero-order valence-corrected chi connectivity index (χ0v) is 17.5. The summed E-state index contributed by atoms with van der Waals surface area (Å²) in [7, 11) is 0. The largest absolute Gasteiger partial charge is 0.369 e. The molecule has 5 N–H and O–H groups in total. The molecule has 9 heteroatoms. The molecule has 1 unspecified atom stereocenters. The normalized spacial score (nSPS) is 23.1. The van der Waals surface area contributed by atoms with E-state index in [9.17, 15) is 14.9 Å². The zero-order valence-electron chi connectivity index (χ0n) is 17.5. The topological polar surface area (TPSA) is 146 Å². The summed E-state index contributed by atoms with van der Waals surface area (Å²) in [5, 5.41) is 18.7. The number of primary amides is 1. The van der Waals surface area contributed by atoms with Crippen molar-refractivity contribution in [1.82, 2.24) is 9.97 Å². The molecule has 0 bridgehead atoms. The summed E-state index contributed by atoms with van der Waals surface area (Å²) in [6.45, 7) is 4.44. The summed E-state index contributed by atoms with van der Waals surface area (Å²) < 4.78 is 0. The van der Waals surface area contributed by atoms with E-state index in [-0.39, 0.29) is 35.1 Å². The van der Waals surface area contributed by atoms with Crippen LogP contribution in [0, 0.1) is 22.7 Å². The Balaban J connectivity index is 1.41. The number of para-hydroxylation sites is 1. The lowest BCUT2D eigenvalue weighted by atomic mass is 9.58. The van der Waals surface area contributed by atoms with Crippen molar-refractivity contribution in [2.75, 3.05) is 22.5 Å². The van der Waals surface area contributed by atoms with Crippen LogP contribution in [0.2, 0.25) is 0 Å². The summed E-state index contributed by atoms with van der Waals surface area (Å²) >= 11 is 0. The number of aromatic nitrogens is 2. The highest BCUT2D eigenvalue weighted by Gasteiger charge is 2.51. The molecule has 1 aliphatic heterocycles. The molecular weight excluding hydrogens is 394 g/mol. The number of carbonyl (C=O) groups is 2. The molecule has 2 aliphatic rings. The third-order valence-corrected chi connectivity index (χ3v) is 6.46. The Hall–Kier alpha value is -3.67. The Kier molecular flexibility index (Phi) is 5.23. The number of rotatable bonds is 7. The van der Waals surface area contributed by atoms with Crippen molar-refractivity contribution in [1.29, 1.82) is 5.26 Å². The first-order valence-electron chi connectivity index (χ1n) is 10.3. The van der Waals surface area contributed by atoms with Crippen molar-refractivity contribution in [3.05, 3.63) is 41.6 Å². The van der Waals surface area contributed by atoms with Crippen LogP contribution in [0.15, 0.2) is 30.5 Å². The van der Waals surface area contributed by atoms with Gasteiger partial charge in [0.15, 0.2) is 0 Å². The van der Waals surface area contributed by atoms with Gasteiger partial charge in [-0.05, 0) is 29.9 Å². The molecule has 0 saturated heterocycles. The van der Waals surface area contributed by atoms with Crippen molar-refractivity contribution in [3.8, 4) is 6.07 Å². The first-order valence-corrected chi connectivity index (χ1v) is 10.3. The molecule has 1 aliphatic carbocycles. The number of nitrogens with one attached hydrogen (secondary N) is 3. The predicted octanol–water partition coefficient (Wildman–Crippen LogP) is 2.20.